The molecule has 0 aromatic rings. The van der Waals surface area contributed by atoms with Gasteiger partial charge in [-0.3, -0.25) is 0 Å². The van der Waals surface area contributed by atoms with E-state index in [0.717, 1.165) is 44.9 Å². The minimum atomic E-state index is -0.546. The quantitative estimate of drug-likeness (QED) is 0.0584. The van der Waals surface area contributed by atoms with E-state index >= 15 is 0 Å². The number of unbranched alkanes of at least 4 members (excludes halogenated alkanes) is 3. The molecular formula is C32H56N2O10. The number of carbonyl (C=O) groups is 4. The first-order chi connectivity index (χ1) is 20.6. The molecule has 0 aromatic heterocycles. The molecule has 2 N–H and O–H groups in total. The van der Waals surface area contributed by atoms with Crippen molar-refractivity contribution in [1.29, 1.82) is 0 Å². The van der Waals surface area contributed by atoms with Crippen LogP contribution in [0.5, 0.6) is 0 Å². The highest BCUT2D eigenvalue weighted by molar-refractivity contribution is 5.87. The zero-order valence-electron chi connectivity index (χ0n) is 27.8. The van der Waals surface area contributed by atoms with Gasteiger partial charge in [-0.15, -0.1) is 0 Å². The van der Waals surface area contributed by atoms with Crippen molar-refractivity contribution in [3.63, 3.8) is 0 Å². The van der Waals surface area contributed by atoms with E-state index in [1.54, 1.807) is 13.8 Å². The van der Waals surface area contributed by atoms with Crippen molar-refractivity contribution in [2.45, 2.75) is 104 Å². The summed E-state index contributed by atoms with van der Waals surface area (Å²) in [6, 6.07) is 0. The van der Waals surface area contributed by atoms with Gasteiger partial charge in [0.25, 0.3) is 0 Å². The van der Waals surface area contributed by atoms with E-state index < -0.39 is 24.1 Å². The van der Waals surface area contributed by atoms with Crippen LogP contribution < -0.4 is 10.6 Å². The largest absolute Gasteiger partial charge is 0.460 e. The van der Waals surface area contributed by atoms with Crippen LogP contribution in [-0.2, 0) is 38.0 Å². The molecule has 0 aliphatic carbocycles. The molecule has 0 spiro atoms. The number of carbonyl (C=O) groups excluding carboxylic acids is 4. The maximum Gasteiger partial charge on any atom is 0.407 e. The molecule has 0 fully saturated rings. The van der Waals surface area contributed by atoms with Crippen LogP contribution in [0.4, 0.5) is 9.59 Å². The van der Waals surface area contributed by atoms with Gasteiger partial charge in [0.05, 0.1) is 37.5 Å². The van der Waals surface area contributed by atoms with E-state index in [1.807, 2.05) is 0 Å². The number of esters is 2. The summed E-state index contributed by atoms with van der Waals surface area (Å²) in [6.07, 6.45) is 5.62. The van der Waals surface area contributed by atoms with Crippen LogP contribution >= 0.6 is 0 Å². The lowest BCUT2D eigenvalue weighted by Gasteiger charge is -2.27. The predicted molar refractivity (Wildman–Crippen MR) is 167 cm³/mol. The van der Waals surface area contributed by atoms with Gasteiger partial charge in [-0.25, -0.2) is 19.2 Å². The molecule has 0 aliphatic rings. The molecule has 0 heterocycles. The van der Waals surface area contributed by atoms with Crippen molar-refractivity contribution in [1.82, 2.24) is 10.6 Å². The molecule has 0 bridgehead atoms. The van der Waals surface area contributed by atoms with Crippen molar-refractivity contribution >= 4 is 24.1 Å². The molecule has 0 saturated heterocycles. The van der Waals surface area contributed by atoms with Gasteiger partial charge in [-0.1, -0.05) is 13.2 Å². The summed E-state index contributed by atoms with van der Waals surface area (Å²) in [6.45, 7) is 20.7. The van der Waals surface area contributed by atoms with Crippen molar-refractivity contribution < 1.29 is 47.6 Å². The molecule has 12 heteroatoms. The highest BCUT2D eigenvalue weighted by atomic mass is 16.6. The van der Waals surface area contributed by atoms with Crippen LogP contribution in [0, 0.1) is 0 Å². The Morgan fingerprint density at radius 2 is 0.864 bits per heavy atom. The Balaban J connectivity index is 3.77. The number of nitrogens with one attached hydrogen (secondary N) is 2. The number of amides is 2. The van der Waals surface area contributed by atoms with Crippen LogP contribution in [0.2, 0.25) is 0 Å². The van der Waals surface area contributed by atoms with Gasteiger partial charge in [0.1, 0.15) is 13.2 Å². The Bertz CT molecular complexity index is 901. The van der Waals surface area contributed by atoms with Gasteiger partial charge in [0.15, 0.2) is 0 Å². The summed E-state index contributed by atoms with van der Waals surface area (Å²) in [4.78, 5) is 45.9. The molecule has 0 saturated carbocycles. The second-order valence-corrected chi connectivity index (χ2v) is 11.8. The predicted octanol–water partition coefficient (Wildman–Crippen LogP) is 5.39. The molecule has 2 amide bonds. The molecule has 0 rings (SSSR count). The monoisotopic (exact) mass is 628 g/mol. The first kappa shape index (κ1) is 40.9. The maximum atomic E-state index is 11.7. The third kappa shape index (κ3) is 24.3. The highest BCUT2D eigenvalue weighted by Crippen LogP contribution is 2.21. The van der Waals surface area contributed by atoms with E-state index in [-0.39, 0.29) is 44.1 Å². The topological polar surface area (TPSA) is 148 Å². The second kappa shape index (κ2) is 23.3. The standard InChI is InChI=1S/C32H56N2O10/c1-25(2)27(35)39-23-17-33-29(37)41-19-11-9-15-31(5,6)43-21-12-10-16-32(7,8)44-22-14-13-20-42-30(38)34-18-24-40-28(36)26(3)4/h1,3,9-24H2,2,4-8H3,(H,33,37)(H,34,38). The third-order valence-electron chi connectivity index (χ3n) is 6.24. The molecule has 12 nitrogen and oxygen atoms in total. The Morgan fingerprint density at radius 3 is 1.25 bits per heavy atom. The van der Waals surface area contributed by atoms with Crippen molar-refractivity contribution in [2.75, 3.05) is 52.7 Å². The molecule has 0 radical (unpaired) electrons. The van der Waals surface area contributed by atoms with E-state index in [2.05, 4.69) is 51.5 Å². The van der Waals surface area contributed by atoms with Gasteiger partial charge in [0.2, 0.25) is 0 Å². The highest BCUT2D eigenvalue weighted by Gasteiger charge is 2.20. The van der Waals surface area contributed by atoms with Gasteiger partial charge < -0.3 is 39.1 Å². The summed E-state index contributed by atoms with van der Waals surface area (Å²) < 4.78 is 32.2. The molecule has 254 valence electrons. The molecular weight excluding hydrogens is 572 g/mol. The molecule has 0 aromatic carbocycles. The molecule has 0 aliphatic heterocycles. The van der Waals surface area contributed by atoms with E-state index in [4.69, 9.17) is 28.4 Å². The first-order valence-electron chi connectivity index (χ1n) is 15.4. The summed E-state index contributed by atoms with van der Waals surface area (Å²) in [5.74, 6) is -0.978. The van der Waals surface area contributed by atoms with Crippen molar-refractivity contribution in [3.8, 4) is 0 Å². The number of hydrogen-bond donors (Lipinski definition) is 2. The Morgan fingerprint density at radius 1 is 0.523 bits per heavy atom. The minimum Gasteiger partial charge on any atom is -0.460 e. The van der Waals surface area contributed by atoms with Crippen LogP contribution in [0.1, 0.15) is 92.9 Å². The third-order valence-corrected chi connectivity index (χ3v) is 6.24. The summed E-state index contributed by atoms with van der Waals surface area (Å²) >= 11 is 0. The van der Waals surface area contributed by atoms with Crippen LogP contribution in [-0.4, -0.2) is 88.1 Å². The summed E-state index contributed by atoms with van der Waals surface area (Å²) in [7, 11) is 0. The van der Waals surface area contributed by atoms with Crippen LogP contribution in [0.25, 0.3) is 0 Å². The maximum absolute atomic E-state index is 11.7. The Kier molecular flexibility index (Phi) is 21.6. The minimum absolute atomic E-state index is 0.0632. The van der Waals surface area contributed by atoms with E-state index in [1.165, 1.54) is 0 Å². The fourth-order valence-corrected chi connectivity index (χ4v) is 3.62. The lowest BCUT2D eigenvalue weighted by Crippen LogP contribution is -2.29. The molecule has 44 heavy (non-hydrogen) atoms. The van der Waals surface area contributed by atoms with Gasteiger partial charge in [-0.05, 0) is 92.9 Å². The van der Waals surface area contributed by atoms with E-state index in [9.17, 15) is 19.2 Å². The normalized spacial score (nSPS) is 11.3. The lowest BCUT2D eigenvalue weighted by molar-refractivity contribution is -0.139. The van der Waals surface area contributed by atoms with Crippen molar-refractivity contribution in [3.05, 3.63) is 24.3 Å². The summed E-state index contributed by atoms with van der Waals surface area (Å²) in [5.41, 5.74) is 0.0997. The number of hydrogen-bond acceptors (Lipinski definition) is 10. The average molecular weight is 629 g/mol. The van der Waals surface area contributed by atoms with E-state index in [0.29, 0.717) is 37.4 Å². The average Bonchev–Trinajstić information content (AvgIpc) is 2.94. The second-order valence-electron chi connectivity index (χ2n) is 11.8. The number of ether oxygens (including phenoxy) is 6. The number of rotatable bonds is 25. The van der Waals surface area contributed by atoms with Gasteiger partial charge >= 0.3 is 24.1 Å². The fraction of sp³-hybridized carbons (Fsp3) is 0.750. The van der Waals surface area contributed by atoms with Crippen molar-refractivity contribution in [2.24, 2.45) is 0 Å². The molecule has 0 unspecified atom stereocenters. The lowest BCUT2D eigenvalue weighted by atomic mass is 10.00. The fourth-order valence-electron chi connectivity index (χ4n) is 3.62. The zero-order chi connectivity index (χ0) is 33.4. The Hall–Kier alpha value is -3.12. The van der Waals surface area contributed by atoms with Gasteiger partial charge in [0, 0.05) is 24.4 Å². The Labute approximate surface area is 263 Å². The van der Waals surface area contributed by atoms with Gasteiger partial charge in [-0.2, -0.15) is 0 Å². The smallest absolute Gasteiger partial charge is 0.407 e. The number of alkyl carbamates (subject to hydrolysis) is 2. The zero-order valence-corrected chi connectivity index (χ0v) is 27.8. The summed E-state index contributed by atoms with van der Waals surface area (Å²) in [5, 5.41) is 5.06. The van der Waals surface area contributed by atoms with Crippen LogP contribution in [0.3, 0.4) is 0 Å². The first-order valence-corrected chi connectivity index (χ1v) is 15.4. The SMILES string of the molecule is C=C(C)C(=O)OCCNC(=O)OCCCCOC(C)(C)CCCCOC(C)(C)CCCCOC(=O)NCCOC(=O)C(=C)C. The van der Waals surface area contributed by atoms with Crippen LogP contribution in [0.15, 0.2) is 24.3 Å². The molecule has 0 atom stereocenters.